The molecule has 0 spiro atoms. The van der Waals surface area contributed by atoms with Crippen molar-refractivity contribution < 1.29 is 4.79 Å². The molecule has 2 N–H and O–H groups in total. The number of amides is 1. The molecule has 2 aromatic rings. The minimum atomic E-state index is -0.0474. The summed E-state index contributed by atoms with van der Waals surface area (Å²) in [7, 11) is 0. The molecule has 1 atom stereocenters. The van der Waals surface area contributed by atoms with E-state index in [2.05, 4.69) is 20.7 Å². The molecule has 1 aliphatic rings. The lowest BCUT2D eigenvalue weighted by Gasteiger charge is -2.31. The fraction of sp³-hybridized carbons (Fsp3) is 0.357. The van der Waals surface area contributed by atoms with E-state index in [1.165, 1.54) is 6.33 Å². The van der Waals surface area contributed by atoms with E-state index in [4.69, 9.17) is 11.6 Å². The zero-order valence-corrected chi connectivity index (χ0v) is 12.3. The number of benzene rings is 1. The molecule has 0 bridgehead atoms. The standard InChI is InChI=1S/C14H16ClN5O/c1-9(10-5-16-6-10)14(21)19-12-4-2-3-11(15)13(12)20-8-17-7-18-20/h2-4,7-10,16H,5-6H2,1H3,(H,19,21). The zero-order chi connectivity index (χ0) is 14.8. The van der Waals surface area contributed by atoms with E-state index in [0.29, 0.717) is 22.3 Å². The summed E-state index contributed by atoms with van der Waals surface area (Å²) in [4.78, 5) is 16.3. The molecule has 3 rings (SSSR count). The van der Waals surface area contributed by atoms with Crippen molar-refractivity contribution in [3.8, 4) is 5.69 Å². The first-order chi connectivity index (χ1) is 10.2. The van der Waals surface area contributed by atoms with E-state index >= 15 is 0 Å². The molecule has 1 saturated heterocycles. The molecule has 7 heteroatoms. The third-order valence-electron chi connectivity index (χ3n) is 3.83. The van der Waals surface area contributed by atoms with Crippen LogP contribution in [-0.2, 0) is 4.79 Å². The number of halogens is 1. The lowest BCUT2D eigenvalue weighted by Crippen LogP contribution is -2.48. The molecule has 6 nitrogen and oxygen atoms in total. The minimum absolute atomic E-state index is 0.00914. The molecule has 110 valence electrons. The fourth-order valence-corrected chi connectivity index (χ4v) is 2.56. The van der Waals surface area contributed by atoms with E-state index in [0.717, 1.165) is 13.1 Å². The maximum atomic E-state index is 12.4. The molecule has 2 heterocycles. The number of anilines is 1. The minimum Gasteiger partial charge on any atom is -0.324 e. The largest absolute Gasteiger partial charge is 0.324 e. The van der Waals surface area contributed by atoms with Gasteiger partial charge in [0, 0.05) is 5.92 Å². The van der Waals surface area contributed by atoms with E-state index in [1.807, 2.05) is 13.0 Å². The maximum absolute atomic E-state index is 12.4. The monoisotopic (exact) mass is 305 g/mol. The van der Waals surface area contributed by atoms with Crippen molar-refractivity contribution in [1.29, 1.82) is 0 Å². The average molecular weight is 306 g/mol. The molecule has 0 saturated carbocycles. The quantitative estimate of drug-likeness (QED) is 0.902. The predicted octanol–water partition coefficient (Wildman–Crippen LogP) is 1.71. The Hall–Kier alpha value is -1.92. The molecule has 0 radical (unpaired) electrons. The average Bonchev–Trinajstić information content (AvgIpc) is 2.90. The number of hydrogen-bond donors (Lipinski definition) is 2. The van der Waals surface area contributed by atoms with E-state index in [1.54, 1.807) is 23.1 Å². The smallest absolute Gasteiger partial charge is 0.227 e. The third kappa shape index (κ3) is 2.77. The number of nitrogens with zero attached hydrogens (tertiary/aromatic N) is 3. The first-order valence-corrected chi connectivity index (χ1v) is 7.19. The molecule has 1 fully saturated rings. The van der Waals surface area contributed by atoms with Crippen LogP contribution in [0.15, 0.2) is 30.9 Å². The Labute approximate surface area is 127 Å². The summed E-state index contributed by atoms with van der Waals surface area (Å²) in [5, 5.41) is 10.7. The van der Waals surface area contributed by atoms with Gasteiger partial charge in [0.15, 0.2) is 0 Å². The van der Waals surface area contributed by atoms with Crippen molar-refractivity contribution in [2.24, 2.45) is 11.8 Å². The van der Waals surface area contributed by atoms with Crippen LogP contribution in [0.25, 0.3) is 5.69 Å². The Morgan fingerprint density at radius 2 is 2.33 bits per heavy atom. The number of carbonyl (C=O) groups is 1. The number of hydrogen-bond acceptors (Lipinski definition) is 4. The van der Waals surface area contributed by atoms with Gasteiger partial charge in [-0.15, -0.1) is 0 Å². The Kier molecular flexibility index (Phi) is 3.90. The second-order valence-electron chi connectivity index (χ2n) is 5.17. The lowest BCUT2D eigenvalue weighted by molar-refractivity contribution is -0.121. The summed E-state index contributed by atoms with van der Waals surface area (Å²) in [5.41, 5.74) is 1.26. The third-order valence-corrected chi connectivity index (χ3v) is 4.13. The highest BCUT2D eigenvalue weighted by atomic mass is 35.5. The fourth-order valence-electron chi connectivity index (χ4n) is 2.30. The van der Waals surface area contributed by atoms with Crippen LogP contribution >= 0.6 is 11.6 Å². The highest BCUT2D eigenvalue weighted by Crippen LogP contribution is 2.28. The maximum Gasteiger partial charge on any atom is 0.227 e. The van der Waals surface area contributed by atoms with Crippen LogP contribution in [-0.4, -0.2) is 33.8 Å². The van der Waals surface area contributed by atoms with Crippen LogP contribution in [0.5, 0.6) is 0 Å². The van der Waals surface area contributed by atoms with Crippen molar-refractivity contribution in [1.82, 2.24) is 20.1 Å². The van der Waals surface area contributed by atoms with Crippen LogP contribution in [0.4, 0.5) is 5.69 Å². The van der Waals surface area contributed by atoms with Gasteiger partial charge in [0.1, 0.15) is 18.3 Å². The summed E-state index contributed by atoms with van der Waals surface area (Å²) in [5.74, 6) is 0.331. The van der Waals surface area contributed by atoms with Gasteiger partial charge >= 0.3 is 0 Å². The molecule has 1 aliphatic heterocycles. The predicted molar refractivity (Wildman–Crippen MR) is 80.5 cm³/mol. The van der Waals surface area contributed by atoms with Crippen molar-refractivity contribution in [3.05, 3.63) is 35.9 Å². The SMILES string of the molecule is CC(C(=O)Nc1cccc(Cl)c1-n1cncn1)C1CNC1. The number of rotatable bonds is 4. The summed E-state index contributed by atoms with van der Waals surface area (Å²) >= 11 is 6.23. The van der Waals surface area contributed by atoms with Crippen LogP contribution in [0.1, 0.15) is 6.92 Å². The van der Waals surface area contributed by atoms with Gasteiger partial charge in [-0.05, 0) is 31.1 Å². The molecule has 1 unspecified atom stereocenters. The van der Waals surface area contributed by atoms with Crippen molar-refractivity contribution in [2.45, 2.75) is 6.92 Å². The first kappa shape index (κ1) is 14.0. The molecule has 1 aromatic carbocycles. The second-order valence-corrected chi connectivity index (χ2v) is 5.58. The molecular formula is C14H16ClN5O. The van der Waals surface area contributed by atoms with Gasteiger partial charge in [0.05, 0.1) is 10.7 Å². The molecule has 1 amide bonds. The van der Waals surface area contributed by atoms with Crippen molar-refractivity contribution in [2.75, 3.05) is 18.4 Å². The highest BCUT2D eigenvalue weighted by molar-refractivity contribution is 6.33. The van der Waals surface area contributed by atoms with Gasteiger partial charge in [-0.2, -0.15) is 5.10 Å². The second kappa shape index (κ2) is 5.83. The summed E-state index contributed by atoms with van der Waals surface area (Å²) in [6.07, 6.45) is 2.98. The van der Waals surface area contributed by atoms with Crippen LogP contribution in [0, 0.1) is 11.8 Å². The summed E-state index contributed by atoms with van der Waals surface area (Å²) in [6.45, 7) is 3.72. The van der Waals surface area contributed by atoms with E-state index < -0.39 is 0 Å². The molecule has 21 heavy (non-hydrogen) atoms. The van der Waals surface area contributed by atoms with Crippen molar-refractivity contribution in [3.63, 3.8) is 0 Å². The molecule has 1 aromatic heterocycles. The van der Waals surface area contributed by atoms with Gasteiger partial charge in [0.2, 0.25) is 5.91 Å². The molecule has 0 aliphatic carbocycles. The summed E-state index contributed by atoms with van der Waals surface area (Å²) < 4.78 is 1.55. The first-order valence-electron chi connectivity index (χ1n) is 6.82. The van der Waals surface area contributed by atoms with Crippen LogP contribution in [0.2, 0.25) is 5.02 Å². The number of nitrogens with one attached hydrogen (secondary N) is 2. The van der Waals surface area contributed by atoms with Gasteiger partial charge < -0.3 is 10.6 Å². The Morgan fingerprint density at radius 1 is 1.52 bits per heavy atom. The van der Waals surface area contributed by atoms with Gasteiger partial charge in [-0.25, -0.2) is 9.67 Å². The Morgan fingerprint density at radius 3 is 2.95 bits per heavy atom. The number of carbonyl (C=O) groups excluding carboxylic acids is 1. The number of para-hydroxylation sites is 1. The van der Waals surface area contributed by atoms with Crippen molar-refractivity contribution >= 4 is 23.2 Å². The Balaban J connectivity index is 1.85. The van der Waals surface area contributed by atoms with Gasteiger partial charge in [-0.3, -0.25) is 4.79 Å². The van der Waals surface area contributed by atoms with Gasteiger partial charge in [-0.1, -0.05) is 24.6 Å². The van der Waals surface area contributed by atoms with E-state index in [9.17, 15) is 4.79 Å². The topological polar surface area (TPSA) is 71.8 Å². The lowest BCUT2D eigenvalue weighted by atomic mass is 9.88. The zero-order valence-electron chi connectivity index (χ0n) is 11.6. The highest BCUT2D eigenvalue weighted by Gasteiger charge is 2.29. The van der Waals surface area contributed by atoms with E-state index in [-0.39, 0.29) is 11.8 Å². The summed E-state index contributed by atoms with van der Waals surface area (Å²) in [6, 6.07) is 5.37. The number of aromatic nitrogens is 3. The Bertz CT molecular complexity index is 639. The van der Waals surface area contributed by atoms with Crippen LogP contribution < -0.4 is 10.6 Å². The normalized spacial score (nSPS) is 16.3. The van der Waals surface area contributed by atoms with Crippen LogP contribution in [0.3, 0.4) is 0 Å². The molecular weight excluding hydrogens is 290 g/mol. The van der Waals surface area contributed by atoms with Gasteiger partial charge in [0.25, 0.3) is 0 Å².